The van der Waals surface area contributed by atoms with Gasteiger partial charge in [0.25, 0.3) is 5.91 Å². The summed E-state index contributed by atoms with van der Waals surface area (Å²) < 4.78 is 0. The smallest absolute Gasteiger partial charge is 0.322 e. The molecule has 1 fully saturated rings. The number of aryl methyl sites for hydroxylation is 1. The predicted octanol–water partition coefficient (Wildman–Crippen LogP) is 0.660. The molecule has 102 valence electrons. The maximum atomic E-state index is 11.9. The van der Waals surface area contributed by atoms with Crippen molar-refractivity contribution in [1.29, 1.82) is 0 Å². The van der Waals surface area contributed by atoms with Gasteiger partial charge in [-0.1, -0.05) is 6.07 Å². The Hall–Kier alpha value is -2.57. The van der Waals surface area contributed by atoms with Gasteiger partial charge in [0.05, 0.1) is 0 Å². The Bertz CT molecular complexity index is 655. The molecule has 1 saturated heterocycles. The van der Waals surface area contributed by atoms with E-state index < -0.39 is 17.5 Å². The summed E-state index contributed by atoms with van der Waals surface area (Å²) in [6.45, 7) is 0. The standard InChI is InChI=1S/C13H11N3O4/c17-10(16-20)8-1-2-9-6-13(4-3-7(9)5-8)11(18)14-12(19)15-13/h1-2,5H,3-4,6H2,(H2,14,15,18,19). The van der Waals surface area contributed by atoms with Crippen LogP contribution in [0.15, 0.2) is 23.4 Å². The summed E-state index contributed by atoms with van der Waals surface area (Å²) in [5.41, 5.74) is 1.14. The quantitative estimate of drug-likeness (QED) is 0.579. The summed E-state index contributed by atoms with van der Waals surface area (Å²) in [6.07, 6.45) is 1.38. The second-order valence-electron chi connectivity index (χ2n) is 5.05. The summed E-state index contributed by atoms with van der Waals surface area (Å²) >= 11 is 0. The Morgan fingerprint density at radius 3 is 2.70 bits per heavy atom. The minimum absolute atomic E-state index is 0.245. The van der Waals surface area contributed by atoms with Crippen molar-refractivity contribution in [1.82, 2.24) is 10.6 Å². The van der Waals surface area contributed by atoms with Gasteiger partial charge < -0.3 is 5.32 Å². The monoisotopic (exact) mass is 273 g/mol. The van der Waals surface area contributed by atoms with Gasteiger partial charge in [-0.25, -0.2) is 4.79 Å². The molecule has 0 aromatic heterocycles. The fourth-order valence-corrected chi connectivity index (χ4v) is 2.81. The van der Waals surface area contributed by atoms with Gasteiger partial charge in [0, 0.05) is 17.2 Å². The summed E-state index contributed by atoms with van der Waals surface area (Å²) in [4.78, 5) is 44.7. The first kappa shape index (κ1) is 12.5. The lowest BCUT2D eigenvalue weighted by molar-refractivity contribution is -0.124. The molecule has 1 atom stereocenters. The summed E-state index contributed by atoms with van der Waals surface area (Å²) in [5.74, 6) is -1.12. The van der Waals surface area contributed by atoms with Crippen LogP contribution in [0.1, 0.15) is 27.9 Å². The third-order valence-electron chi connectivity index (χ3n) is 3.86. The van der Waals surface area contributed by atoms with Crippen molar-refractivity contribution in [3.63, 3.8) is 0 Å². The number of imide groups is 1. The molecule has 0 saturated carbocycles. The minimum atomic E-state index is -0.890. The molecule has 0 radical (unpaired) electrons. The van der Waals surface area contributed by atoms with Crippen molar-refractivity contribution in [2.75, 3.05) is 0 Å². The van der Waals surface area contributed by atoms with Crippen LogP contribution in [0.3, 0.4) is 0 Å². The molecule has 0 bridgehead atoms. The number of carbonyl (C=O) groups excluding carboxylic acids is 3. The highest BCUT2D eigenvalue weighted by Crippen LogP contribution is 2.31. The van der Waals surface area contributed by atoms with Gasteiger partial charge in [-0.2, -0.15) is 0 Å². The van der Waals surface area contributed by atoms with E-state index in [4.69, 9.17) is 0 Å². The van der Waals surface area contributed by atoms with Gasteiger partial charge in [-0.15, -0.1) is 4.91 Å². The maximum absolute atomic E-state index is 11.9. The number of amides is 4. The van der Waals surface area contributed by atoms with E-state index in [1.807, 2.05) is 0 Å². The van der Waals surface area contributed by atoms with Gasteiger partial charge in [-0.3, -0.25) is 14.9 Å². The first-order valence-electron chi connectivity index (χ1n) is 6.17. The second-order valence-corrected chi connectivity index (χ2v) is 5.05. The van der Waals surface area contributed by atoms with E-state index in [1.54, 1.807) is 12.1 Å². The van der Waals surface area contributed by atoms with Crippen molar-refractivity contribution in [3.8, 4) is 0 Å². The van der Waals surface area contributed by atoms with Crippen LogP contribution in [0.4, 0.5) is 4.79 Å². The van der Waals surface area contributed by atoms with Crippen LogP contribution in [0.5, 0.6) is 0 Å². The van der Waals surface area contributed by atoms with Crippen molar-refractivity contribution in [2.45, 2.75) is 24.8 Å². The zero-order valence-corrected chi connectivity index (χ0v) is 10.4. The number of carbonyl (C=O) groups is 3. The molecule has 1 unspecified atom stereocenters. The topological polar surface area (TPSA) is 105 Å². The minimum Gasteiger partial charge on any atom is -0.323 e. The van der Waals surface area contributed by atoms with E-state index in [9.17, 15) is 19.3 Å². The largest absolute Gasteiger partial charge is 0.323 e. The van der Waals surface area contributed by atoms with E-state index in [0.29, 0.717) is 19.3 Å². The van der Waals surface area contributed by atoms with Crippen LogP contribution in [0.25, 0.3) is 0 Å². The Kier molecular flexibility index (Phi) is 2.63. The van der Waals surface area contributed by atoms with Crippen LogP contribution >= 0.6 is 0 Å². The van der Waals surface area contributed by atoms with Crippen LogP contribution in [0.2, 0.25) is 0 Å². The molecular weight excluding hydrogens is 262 g/mol. The summed E-state index contributed by atoms with van der Waals surface area (Å²) in [5, 5.41) is 7.31. The van der Waals surface area contributed by atoms with Gasteiger partial charge >= 0.3 is 11.9 Å². The fourth-order valence-electron chi connectivity index (χ4n) is 2.81. The molecule has 7 nitrogen and oxygen atoms in total. The molecule has 1 aromatic carbocycles. The van der Waals surface area contributed by atoms with E-state index in [1.165, 1.54) is 6.07 Å². The zero-order chi connectivity index (χ0) is 14.3. The van der Waals surface area contributed by atoms with Crippen LogP contribution in [0, 0.1) is 4.91 Å². The Balaban J connectivity index is 1.93. The molecule has 4 amide bonds. The molecule has 1 aliphatic carbocycles. The molecule has 20 heavy (non-hydrogen) atoms. The predicted molar refractivity (Wildman–Crippen MR) is 68.0 cm³/mol. The lowest BCUT2D eigenvalue weighted by Crippen LogP contribution is -2.51. The van der Waals surface area contributed by atoms with Gasteiger partial charge in [0.1, 0.15) is 5.54 Å². The lowest BCUT2D eigenvalue weighted by Gasteiger charge is -2.31. The highest BCUT2D eigenvalue weighted by molar-refractivity contribution is 6.07. The van der Waals surface area contributed by atoms with E-state index in [2.05, 4.69) is 15.8 Å². The van der Waals surface area contributed by atoms with Crippen molar-refractivity contribution in [3.05, 3.63) is 39.8 Å². The van der Waals surface area contributed by atoms with Gasteiger partial charge in [-0.05, 0) is 36.1 Å². The SMILES string of the molecule is O=NC(=O)c1ccc2c(c1)CCC1(C2)NC(=O)NC1=O. The van der Waals surface area contributed by atoms with E-state index in [-0.39, 0.29) is 11.5 Å². The molecule has 1 aromatic rings. The third kappa shape index (κ3) is 1.78. The second kappa shape index (κ2) is 4.22. The lowest BCUT2D eigenvalue weighted by atomic mass is 9.77. The van der Waals surface area contributed by atoms with Crippen molar-refractivity contribution in [2.24, 2.45) is 5.18 Å². The van der Waals surface area contributed by atoms with E-state index >= 15 is 0 Å². The average molecular weight is 273 g/mol. The number of rotatable bonds is 1. The van der Waals surface area contributed by atoms with Crippen molar-refractivity contribution < 1.29 is 14.4 Å². The number of urea groups is 1. The number of hydrogen-bond acceptors (Lipinski definition) is 4. The molecule has 1 aliphatic heterocycles. The summed E-state index contributed by atoms with van der Waals surface area (Å²) in [7, 11) is 0. The van der Waals surface area contributed by atoms with Crippen LogP contribution < -0.4 is 10.6 Å². The van der Waals surface area contributed by atoms with E-state index in [0.717, 1.165) is 11.1 Å². The number of nitrogens with zero attached hydrogens (tertiary/aromatic N) is 1. The molecule has 1 spiro atoms. The van der Waals surface area contributed by atoms with Crippen LogP contribution in [-0.4, -0.2) is 23.4 Å². The molecule has 7 heteroatoms. The fraction of sp³-hybridized carbons (Fsp3) is 0.308. The number of nitrogens with one attached hydrogen (secondary N) is 2. The molecule has 2 aliphatic rings. The van der Waals surface area contributed by atoms with Gasteiger partial charge in [0.15, 0.2) is 0 Å². The third-order valence-corrected chi connectivity index (χ3v) is 3.86. The van der Waals surface area contributed by atoms with Crippen LogP contribution in [-0.2, 0) is 17.6 Å². The molecule has 1 heterocycles. The molecule has 3 rings (SSSR count). The normalized spacial score (nSPS) is 24.0. The number of nitroso groups, excluding NO2 is 1. The number of fused-ring (bicyclic) bond motifs is 1. The first-order valence-corrected chi connectivity index (χ1v) is 6.17. The first-order chi connectivity index (χ1) is 9.54. The molecular formula is C13H11N3O4. The Morgan fingerprint density at radius 1 is 1.25 bits per heavy atom. The number of benzene rings is 1. The Morgan fingerprint density at radius 2 is 2.05 bits per heavy atom. The Labute approximate surface area is 113 Å². The zero-order valence-electron chi connectivity index (χ0n) is 10.4. The highest BCUT2D eigenvalue weighted by atomic mass is 16.3. The average Bonchev–Trinajstić information content (AvgIpc) is 2.71. The molecule has 2 N–H and O–H groups in total. The van der Waals surface area contributed by atoms with Gasteiger partial charge in [0.2, 0.25) is 0 Å². The van der Waals surface area contributed by atoms with Crippen molar-refractivity contribution >= 4 is 17.8 Å². The summed E-state index contributed by atoms with van der Waals surface area (Å²) in [6, 6.07) is 4.36. The number of hydrogen-bond donors (Lipinski definition) is 2. The highest BCUT2D eigenvalue weighted by Gasteiger charge is 2.47. The maximum Gasteiger partial charge on any atom is 0.322 e.